The summed E-state index contributed by atoms with van der Waals surface area (Å²) in [6.07, 6.45) is 4.57. The van der Waals surface area contributed by atoms with Gasteiger partial charge < -0.3 is 5.73 Å². The molecule has 1 saturated heterocycles. The maximum absolute atomic E-state index is 5.51. The molecule has 1 aromatic rings. The molecule has 0 radical (unpaired) electrons. The summed E-state index contributed by atoms with van der Waals surface area (Å²) in [5, 5.41) is 8.07. The zero-order valence-electron chi connectivity index (χ0n) is 10.8. The van der Waals surface area contributed by atoms with Gasteiger partial charge in [0.05, 0.1) is 12.2 Å². The van der Waals surface area contributed by atoms with Gasteiger partial charge in [0.1, 0.15) is 0 Å². The minimum absolute atomic E-state index is 0.470. The first kappa shape index (κ1) is 12.5. The van der Waals surface area contributed by atoms with E-state index in [1.54, 1.807) is 0 Å². The average Bonchev–Trinajstić information content (AvgIpc) is 2.76. The molecule has 1 aliphatic rings. The van der Waals surface area contributed by atoms with Crippen LogP contribution in [0.4, 0.5) is 0 Å². The first-order chi connectivity index (χ1) is 8.19. The highest BCUT2D eigenvalue weighted by molar-refractivity contribution is 4.90. The number of nitrogens with two attached hydrogens (primary N) is 1. The lowest BCUT2D eigenvalue weighted by Crippen LogP contribution is -2.41. The van der Waals surface area contributed by atoms with E-state index in [0.717, 1.165) is 24.7 Å². The Morgan fingerprint density at radius 2 is 2.24 bits per heavy atom. The molecule has 1 aromatic heterocycles. The molecule has 0 aromatic carbocycles. The Labute approximate surface area is 103 Å². The first-order valence-electron chi connectivity index (χ1n) is 6.52. The number of piperidine rings is 1. The van der Waals surface area contributed by atoms with Crippen LogP contribution in [0.15, 0.2) is 6.20 Å². The van der Waals surface area contributed by atoms with Gasteiger partial charge >= 0.3 is 0 Å². The van der Waals surface area contributed by atoms with Gasteiger partial charge in [-0.2, -0.15) is 0 Å². The molecule has 2 rings (SSSR count). The average molecular weight is 237 g/mol. The minimum atomic E-state index is 0.470. The Morgan fingerprint density at radius 3 is 2.88 bits per heavy atom. The standard InChI is InChI=1S/C12H23N5/c1-10-3-4-16(11(2)7-10)5-6-17-9-12(8-13)14-15-17/h9-11H,3-8,13H2,1-2H3. The Balaban J connectivity index is 1.81. The molecule has 2 heterocycles. The second-order valence-electron chi connectivity index (χ2n) is 5.19. The van der Waals surface area contributed by atoms with Crippen LogP contribution in [0, 0.1) is 5.92 Å². The van der Waals surface area contributed by atoms with Crippen LogP contribution in [0.2, 0.25) is 0 Å². The van der Waals surface area contributed by atoms with Crippen molar-refractivity contribution >= 4 is 0 Å². The van der Waals surface area contributed by atoms with Gasteiger partial charge in [-0.1, -0.05) is 12.1 Å². The summed E-state index contributed by atoms with van der Waals surface area (Å²) in [5.41, 5.74) is 6.38. The molecule has 2 atom stereocenters. The van der Waals surface area contributed by atoms with Crippen molar-refractivity contribution in [2.45, 2.75) is 45.8 Å². The molecule has 2 N–H and O–H groups in total. The second kappa shape index (κ2) is 5.60. The maximum Gasteiger partial charge on any atom is 0.0962 e. The van der Waals surface area contributed by atoms with E-state index < -0.39 is 0 Å². The fourth-order valence-electron chi connectivity index (χ4n) is 2.56. The number of nitrogens with zero attached hydrogens (tertiary/aromatic N) is 4. The van der Waals surface area contributed by atoms with Crippen LogP contribution >= 0.6 is 0 Å². The maximum atomic E-state index is 5.51. The van der Waals surface area contributed by atoms with Crippen molar-refractivity contribution in [3.8, 4) is 0 Å². The molecule has 17 heavy (non-hydrogen) atoms. The molecule has 0 amide bonds. The third kappa shape index (κ3) is 3.26. The molecule has 0 aliphatic carbocycles. The highest BCUT2D eigenvalue weighted by Crippen LogP contribution is 2.21. The molecule has 1 aliphatic heterocycles. The number of hydrogen-bond donors (Lipinski definition) is 1. The Hall–Kier alpha value is -0.940. The number of rotatable bonds is 4. The smallest absolute Gasteiger partial charge is 0.0962 e. The molecule has 1 fully saturated rings. The number of aromatic nitrogens is 3. The summed E-state index contributed by atoms with van der Waals surface area (Å²) in [7, 11) is 0. The lowest BCUT2D eigenvalue weighted by molar-refractivity contribution is 0.123. The largest absolute Gasteiger partial charge is 0.325 e. The fraction of sp³-hybridized carbons (Fsp3) is 0.833. The topological polar surface area (TPSA) is 60.0 Å². The predicted molar refractivity (Wildman–Crippen MR) is 67.3 cm³/mol. The van der Waals surface area contributed by atoms with Crippen molar-refractivity contribution in [3.05, 3.63) is 11.9 Å². The van der Waals surface area contributed by atoms with Gasteiger partial charge in [-0.15, -0.1) is 5.10 Å². The second-order valence-corrected chi connectivity index (χ2v) is 5.19. The quantitative estimate of drug-likeness (QED) is 0.843. The minimum Gasteiger partial charge on any atom is -0.325 e. The van der Waals surface area contributed by atoms with Gasteiger partial charge in [-0.25, -0.2) is 0 Å². The monoisotopic (exact) mass is 237 g/mol. The lowest BCUT2D eigenvalue weighted by atomic mass is 9.93. The van der Waals surface area contributed by atoms with Gasteiger partial charge in [-0.05, 0) is 32.2 Å². The zero-order chi connectivity index (χ0) is 12.3. The van der Waals surface area contributed by atoms with Crippen molar-refractivity contribution in [2.75, 3.05) is 13.1 Å². The normalized spacial score (nSPS) is 26.3. The van der Waals surface area contributed by atoms with Crippen molar-refractivity contribution in [1.82, 2.24) is 19.9 Å². The molecule has 2 unspecified atom stereocenters. The van der Waals surface area contributed by atoms with E-state index in [-0.39, 0.29) is 0 Å². The van der Waals surface area contributed by atoms with Gasteiger partial charge in [-0.3, -0.25) is 9.58 Å². The Bertz CT molecular complexity index is 348. The van der Waals surface area contributed by atoms with Gasteiger partial charge in [0.2, 0.25) is 0 Å². The summed E-state index contributed by atoms with van der Waals surface area (Å²) in [4.78, 5) is 2.55. The first-order valence-corrected chi connectivity index (χ1v) is 6.52. The Morgan fingerprint density at radius 1 is 1.41 bits per heavy atom. The van der Waals surface area contributed by atoms with Crippen molar-refractivity contribution < 1.29 is 0 Å². The van der Waals surface area contributed by atoms with E-state index >= 15 is 0 Å². The van der Waals surface area contributed by atoms with E-state index in [1.807, 2.05) is 10.9 Å². The van der Waals surface area contributed by atoms with Gasteiger partial charge in [0, 0.05) is 25.3 Å². The molecule has 5 nitrogen and oxygen atoms in total. The molecule has 5 heteroatoms. The highest BCUT2D eigenvalue weighted by Gasteiger charge is 2.22. The molecular formula is C12H23N5. The summed E-state index contributed by atoms with van der Waals surface area (Å²) in [6.45, 7) is 8.31. The van der Waals surface area contributed by atoms with Crippen LogP contribution in [0.5, 0.6) is 0 Å². The third-order valence-corrected chi connectivity index (χ3v) is 3.69. The van der Waals surface area contributed by atoms with E-state index in [4.69, 9.17) is 5.73 Å². The van der Waals surface area contributed by atoms with Crippen molar-refractivity contribution in [2.24, 2.45) is 11.7 Å². The van der Waals surface area contributed by atoms with Crippen LogP contribution in [0.3, 0.4) is 0 Å². The third-order valence-electron chi connectivity index (χ3n) is 3.69. The zero-order valence-corrected chi connectivity index (χ0v) is 10.8. The summed E-state index contributed by atoms with van der Waals surface area (Å²) in [6, 6.07) is 0.691. The van der Waals surface area contributed by atoms with Crippen LogP contribution in [-0.2, 0) is 13.1 Å². The fourth-order valence-corrected chi connectivity index (χ4v) is 2.56. The van der Waals surface area contributed by atoms with Crippen LogP contribution in [-0.4, -0.2) is 39.0 Å². The molecule has 96 valence electrons. The Kier molecular flexibility index (Phi) is 4.12. The number of likely N-dealkylation sites (tertiary alicyclic amines) is 1. The summed E-state index contributed by atoms with van der Waals surface area (Å²) >= 11 is 0. The molecule has 0 bridgehead atoms. The molecule has 0 saturated carbocycles. The van der Waals surface area contributed by atoms with E-state index in [0.29, 0.717) is 12.6 Å². The number of hydrogen-bond acceptors (Lipinski definition) is 4. The van der Waals surface area contributed by atoms with Crippen LogP contribution in [0.25, 0.3) is 0 Å². The van der Waals surface area contributed by atoms with E-state index in [2.05, 4.69) is 29.1 Å². The van der Waals surface area contributed by atoms with E-state index in [1.165, 1.54) is 19.4 Å². The van der Waals surface area contributed by atoms with Gasteiger partial charge in [0.15, 0.2) is 0 Å². The van der Waals surface area contributed by atoms with Crippen molar-refractivity contribution in [3.63, 3.8) is 0 Å². The molecular weight excluding hydrogens is 214 g/mol. The summed E-state index contributed by atoms with van der Waals surface area (Å²) < 4.78 is 1.90. The molecule has 0 spiro atoms. The van der Waals surface area contributed by atoms with Crippen LogP contribution in [0.1, 0.15) is 32.4 Å². The summed E-state index contributed by atoms with van der Waals surface area (Å²) in [5.74, 6) is 0.872. The SMILES string of the molecule is CC1CCN(CCn2cc(CN)nn2)C(C)C1. The van der Waals surface area contributed by atoms with E-state index in [9.17, 15) is 0 Å². The predicted octanol–water partition coefficient (Wildman–Crippen LogP) is 0.857. The van der Waals surface area contributed by atoms with Crippen LogP contribution < -0.4 is 5.73 Å². The van der Waals surface area contributed by atoms with Crippen molar-refractivity contribution in [1.29, 1.82) is 0 Å². The lowest BCUT2D eigenvalue weighted by Gasteiger charge is -2.36. The van der Waals surface area contributed by atoms with Gasteiger partial charge in [0.25, 0.3) is 0 Å². The highest BCUT2D eigenvalue weighted by atomic mass is 15.4.